The highest BCUT2D eigenvalue weighted by atomic mass is 35.5. The van der Waals surface area contributed by atoms with Crippen molar-refractivity contribution in [2.45, 2.75) is 39.2 Å². The average Bonchev–Trinajstić information content (AvgIpc) is 2.54. The van der Waals surface area contributed by atoms with Gasteiger partial charge in [0, 0.05) is 18.5 Å². The third kappa shape index (κ3) is 6.24. The van der Waals surface area contributed by atoms with Gasteiger partial charge in [0.1, 0.15) is 5.75 Å². The molecule has 1 fully saturated rings. The van der Waals surface area contributed by atoms with Crippen LogP contribution in [0.25, 0.3) is 0 Å². The Kier molecular flexibility index (Phi) is 8.50. The van der Waals surface area contributed by atoms with E-state index in [1.807, 2.05) is 12.1 Å². The zero-order chi connectivity index (χ0) is 16.9. The zero-order valence-electron chi connectivity index (χ0n) is 14.6. The summed E-state index contributed by atoms with van der Waals surface area (Å²) >= 11 is 0. The molecule has 1 aliphatic rings. The van der Waals surface area contributed by atoms with Gasteiger partial charge in [-0.15, -0.1) is 12.4 Å². The van der Waals surface area contributed by atoms with Crippen LogP contribution in [0.4, 0.5) is 0 Å². The van der Waals surface area contributed by atoms with Gasteiger partial charge < -0.3 is 10.1 Å². The summed E-state index contributed by atoms with van der Waals surface area (Å²) in [5, 5.41) is 3.31. The summed E-state index contributed by atoms with van der Waals surface area (Å²) in [6.07, 6.45) is 0.791. The van der Waals surface area contributed by atoms with E-state index in [4.69, 9.17) is 4.74 Å². The first-order chi connectivity index (χ1) is 10.9. The van der Waals surface area contributed by atoms with E-state index in [1.54, 1.807) is 6.92 Å². The van der Waals surface area contributed by atoms with E-state index in [0.29, 0.717) is 12.5 Å². The van der Waals surface area contributed by atoms with Crippen LogP contribution in [0.5, 0.6) is 5.75 Å². The van der Waals surface area contributed by atoms with Crippen LogP contribution in [0.15, 0.2) is 24.3 Å². The molecule has 1 saturated heterocycles. The van der Waals surface area contributed by atoms with Gasteiger partial charge in [-0.25, -0.2) is 13.1 Å². The van der Waals surface area contributed by atoms with Crippen molar-refractivity contribution >= 4 is 22.4 Å². The van der Waals surface area contributed by atoms with Crippen LogP contribution >= 0.6 is 12.4 Å². The smallest absolute Gasteiger partial charge is 0.211 e. The number of hydrogen-bond acceptors (Lipinski definition) is 4. The molecule has 0 radical (unpaired) electrons. The molecule has 24 heavy (non-hydrogen) atoms. The van der Waals surface area contributed by atoms with Crippen LogP contribution in [0.1, 0.15) is 38.7 Å². The first-order valence-corrected chi connectivity index (χ1v) is 10.00. The maximum atomic E-state index is 11.8. The Morgan fingerprint density at radius 3 is 2.54 bits per heavy atom. The number of rotatable bonds is 7. The molecular weight excluding hydrogens is 348 g/mol. The van der Waals surface area contributed by atoms with E-state index in [0.717, 1.165) is 25.3 Å². The number of benzene rings is 1. The summed E-state index contributed by atoms with van der Waals surface area (Å²) in [7, 11) is -3.18. The fraction of sp³-hybridized carbons (Fsp3) is 0.647. The molecule has 7 heteroatoms. The van der Waals surface area contributed by atoms with Crippen LogP contribution in [0.3, 0.4) is 0 Å². The van der Waals surface area contributed by atoms with Crippen LogP contribution in [-0.2, 0) is 10.0 Å². The molecule has 0 aliphatic carbocycles. The first kappa shape index (κ1) is 21.2. The zero-order valence-corrected chi connectivity index (χ0v) is 16.3. The monoisotopic (exact) mass is 376 g/mol. The predicted molar refractivity (Wildman–Crippen MR) is 101 cm³/mol. The lowest BCUT2D eigenvalue weighted by atomic mass is 9.95. The molecule has 0 unspecified atom stereocenters. The van der Waals surface area contributed by atoms with Gasteiger partial charge in [0.25, 0.3) is 0 Å². The lowest BCUT2D eigenvalue weighted by molar-refractivity contribution is 0.191. The Hall–Kier alpha value is -0.820. The SMILES string of the molecule is CCS(=O)(=O)N[C@@H]1CCNC[C@H]1COc1ccc(C(C)C)cc1.Cl. The lowest BCUT2D eigenvalue weighted by Gasteiger charge is -2.32. The van der Waals surface area contributed by atoms with E-state index in [9.17, 15) is 8.42 Å². The third-order valence-electron chi connectivity index (χ3n) is 4.33. The van der Waals surface area contributed by atoms with Crippen molar-refractivity contribution in [2.75, 3.05) is 25.4 Å². The number of nitrogens with one attached hydrogen (secondary N) is 2. The predicted octanol–water partition coefficient (Wildman–Crippen LogP) is 2.53. The number of piperidine rings is 1. The first-order valence-electron chi connectivity index (χ1n) is 8.34. The Labute approximate surface area is 152 Å². The summed E-state index contributed by atoms with van der Waals surface area (Å²) in [4.78, 5) is 0. The lowest BCUT2D eigenvalue weighted by Crippen LogP contribution is -2.51. The molecule has 0 bridgehead atoms. The van der Waals surface area contributed by atoms with Crippen molar-refractivity contribution in [2.24, 2.45) is 5.92 Å². The summed E-state index contributed by atoms with van der Waals surface area (Å²) in [6, 6.07) is 8.07. The Morgan fingerprint density at radius 2 is 1.96 bits per heavy atom. The maximum absolute atomic E-state index is 11.8. The normalized spacial score (nSPS) is 21.3. The van der Waals surface area contributed by atoms with Crippen LogP contribution < -0.4 is 14.8 Å². The second-order valence-corrected chi connectivity index (χ2v) is 8.46. The summed E-state index contributed by atoms with van der Waals surface area (Å²) in [5.41, 5.74) is 1.28. The molecule has 5 nitrogen and oxygen atoms in total. The molecule has 0 saturated carbocycles. The number of halogens is 1. The molecule has 2 N–H and O–H groups in total. The second kappa shape index (κ2) is 9.61. The maximum Gasteiger partial charge on any atom is 0.211 e. The van der Waals surface area contributed by atoms with Crippen LogP contribution in [0.2, 0.25) is 0 Å². The van der Waals surface area contributed by atoms with Crippen molar-refractivity contribution in [1.82, 2.24) is 10.0 Å². The quantitative estimate of drug-likeness (QED) is 0.767. The van der Waals surface area contributed by atoms with E-state index in [-0.39, 0.29) is 30.1 Å². The van der Waals surface area contributed by atoms with Gasteiger partial charge in [0.2, 0.25) is 10.0 Å². The molecule has 0 spiro atoms. The van der Waals surface area contributed by atoms with Crippen molar-refractivity contribution in [1.29, 1.82) is 0 Å². The van der Waals surface area contributed by atoms with Crippen molar-refractivity contribution < 1.29 is 13.2 Å². The molecule has 0 amide bonds. The highest BCUT2D eigenvalue weighted by molar-refractivity contribution is 7.89. The van der Waals surface area contributed by atoms with Gasteiger partial charge >= 0.3 is 0 Å². The molecular formula is C17H29ClN2O3S. The highest BCUT2D eigenvalue weighted by Crippen LogP contribution is 2.20. The molecule has 1 aromatic carbocycles. The van der Waals surface area contributed by atoms with Crippen LogP contribution in [-0.4, -0.2) is 39.9 Å². The minimum atomic E-state index is -3.18. The molecule has 0 aromatic heterocycles. The van der Waals surface area contributed by atoms with Crippen molar-refractivity contribution in [3.63, 3.8) is 0 Å². The summed E-state index contributed by atoms with van der Waals surface area (Å²) < 4.78 is 32.3. The minimum absolute atomic E-state index is 0. The number of hydrogen-bond donors (Lipinski definition) is 2. The molecule has 1 aromatic rings. The highest BCUT2D eigenvalue weighted by Gasteiger charge is 2.28. The standard InChI is InChI=1S/C17H28N2O3S.ClH/c1-4-23(20,21)19-17-9-10-18-11-15(17)12-22-16-7-5-14(6-8-16)13(2)3;/h5-8,13,15,17-19H,4,9-12H2,1-3H3;1H/t15-,17+;/m0./s1. The van der Waals surface area contributed by atoms with Gasteiger partial charge in [0.15, 0.2) is 0 Å². The second-order valence-electron chi connectivity index (χ2n) is 6.42. The van der Waals surface area contributed by atoms with Gasteiger partial charge in [-0.1, -0.05) is 26.0 Å². The molecule has 2 atom stereocenters. The third-order valence-corrected chi connectivity index (χ3v) is 5.75. The fourth-order valence-corrected chi connectivity index (χ4v) is 3.66. The largest absolute Gasteiger partial charge is 0.493 e. The molecule has 138 valence electrons. The van der Waals surface area contributed by atoms with Gasteiger partial charge in [-0.3, -0.25) is 0 Å². The number of ether oxygens (including phenoxy) is 1. The molecule has 2 rings (SSSR count). The van der Waals surface area contributed by atoms with Gasteiger partial charge in [-0.05, 0) is 43.5 Å². The summed E-state index contributed by atoms with van der Waals surface area (Å²) in [6.45, 7) is 8.08. The molecule has 1 aliphatic heterocycles. The Bertz CT molecular complexity index is 590. The van der Waals surface area contributed by atoms with Crippen molar-refractivity contribution in [3.8, 4) is 5.75 Å². The molecule has 1 heterocycles. The topological polar surface area (TPSA) is 67.4 Å². The van der Waals surface area contributed by atoms with E-state index in [1.165, 1.54) is 5.56 Å². The average molecular weight is 377 g/mol. The van der Waals surface area contributed by atoms with Gasteiger partial charge in [0.05, 0.1) is 12.4 Å². The van der Waals surface area contributed by atoms with Crippen LogP contribution in [0, 0.1) is 5.92 Å². The Morgan fingerprint density at radius 1 is 1.29 bits per heavy atom. The minimum Gasteiger partial charge on any atom is -0.493 e. The fourth-order valence-electron chi connectivity index (χ4n) is 2.72. The van der Waals surface area contributed by atoms with E-state index >= 15 is 0 Å². The van der Waals surface area contributed by atoms with E-state index < -0.39 is 10.0 Å². The van der Waals surface area contributed by atoms with Gasteiger partial charge in [-0.2, -0.15) is 0 Å². The van der Waals surface area contributed by atoms with E-state index in [2.05, 4.69) is 36.0 Å². The van der Waals surface area contributed by atoms with Crippen molar-refractivity contribution in [3.05, 3.63) is 29.8 Å². The Balaban J connectivity index is 0.00000288. The summed E-state index contributed by atoms with van der Waals surface area (Å²) in [5.74, 6) is 1.58. The number of sulfonamides is 1.